The lowest BCUT2D eigenvalue weighted by Gasteiger charge is -2.10. The van der Waals surface area contributed by atoms with Crippen molar-refractivity contribution in [1.82, 2.24) is 0 Å². The molecule has 0 saturated heterocycles. The van der Waals surface area contributed by atoms with E-state index in [2.05, 4.69) is 5.92 Å². The Bertz CT molecular complexity index is 438. The fourth-order valence-electron chi connectivity index (χ4n) is 1.09. The first-order valence-electron chi connectivity index (χ1n) is 3.99. The fourth-order valence-corrected chi connectivity index (χ4v) is 1.09. The molecular weight excluding hydrogens is 184 g/mol. The molecule has 1 rings (SSSR count). The molecular formula is C11H9F2N. The molecule has 14 heavy (non-hydrogen) atoms. The number of terminal acetylenes is 1. The lowest BCUT2D eigenvalue weighted by Crippen LogP contribution is -2.08. The van der Waals surface area contributed by atoms with Gasteiger partial charge in [0.05, 0.1) is 5.36 Å². The Hall–Kier alpha value is -1.69. The molecule has 0 aliphatic carbocycles. The Balaban J connectivity index is 3.53. The van der Waals surface area contributed by atoms with E-state index in [0.29, 0.717) is 0 Å². The molecule has 0 spiro atoms. The van der Waals surface area contributed by atoms with Gasteiger partial charge in [-0.1, -0.05) is 5.92 Å². The maximum atomic E-state index is 13.0. The van der Waals surface area contributed by atoms with E-state index in [9.17, 15) is 8.78 Å². The minimum atomic E-state index is -2.98. The summed E-state index contributed by atoms with van der Waals surface area (Å²) in [6, 6.07) is 5.24. The van der Waals surface area contributed by atoms with Crippen molar-refractivity contribution in [2.24, 2.45) is 0 Å². The van der Waals surface area contributed by atoms with Gasteiger partial charge in [0, 0.05) is 18.1 Å². The van der Waals surface area contributed by atoms with Crippen LogP contribution in [0.2, 0.25) is 0 Å². The molecule has 0 aliphatic rings. The lowest BCUT2D eigenvalue weighted by atomic mass is 10.1. The molecule has 1 aromatic rings. The minimum absolute atomic E-state index is 0.121. The standard InChI is InChI=1S/C11H9F2N/c1-3-8-4-5-9(14)6-7-10(8)11(2,12)13/h1,4-7,14H,2H3. The van der Waals surface area contributed by atoms with E-state index in [-0.39, 0.29) is 16.5 Å². The third-order valence-electron chi connectivity index (χ3n) is 1.78. The van der Waals surface area contributed by atoms with Gasteiger partial charge in [-0.25, -0.2) is 8.78 Å². The Morgan fingerprint density at radius 1 is 1.29 bits per heavy atom. The highest BCUT2D eigenvalue weighted by Gasteiger charge is 2.26. The van der Waals surface area contributed by atoms with E-state index < -0.39 is 5.92 Å². The quantitative estimate of drug-likeness (QED) is 0.661. The van der Waals surface area contributed by atoms with Crippen LogP contribution in [0.1, 0.15) is 18.1 Å². The van der Waals surface area contributed by atoms with Gasteiger partial charge in [0.1, 0.15) is 0 Å². The van der Waals surface area contributed by atoms with Crippen LogP contribution in [-0.4, -0.2) is 0 Å². The molecule has 72 valence electrons. The van der Waals surface area contributed by atoms with Gasteiger partial charge >= 0.3 is 0 Å². The molecule has 0 radical (unpaired) electrons. The van der Waals surface area contributed by atoms with Crippen molar-refractivity contribution in [3.8, 4) is 12.3 Å². The van der Waals surface area contributed by atoms with E-state index in [1.165, 1.54) is 24.3 Å². The summed E-state index contributed by atoms with van der Waals surface area (Å²) in [4.78, 5) is 0. The second-order valence-corrected chi connectivity index (χ2v) is 2.98. The van der Waals surface area contributed by atoms with Gasteiger partial charge in [0.15, 0.2) is 0 Å². The van der Waals surface area contributed by atoms with E-state index in [4.69, 9.17) is 11.8 Å². The first-order valence-corrected chi connectivity index (χ1v) is 3.99. The molecule has 0 aliphatic heterocycles. The minimum Gasteiger partial charge on any atom is -0.301 e. The van der Waals surface area contributed by atoms with Gasteiger partial charge in [-0.15, -0.1) is 6.42 Å². The Labute approximate surface area is 80.9 Å². The zero-order valence-corrected chi connectivity index (χ0v) is 7.64. The maximum absolute atomic E-state index is 13.0. The van der Waals surface area contributed by atoms with Crippen LogP contribution in [0.3, 0.4) is 0 Å². The first-order chi connectivity index (χ1) is 6.45. The Morgan fingerprint density at radius 3 is 2.36 bits per heavy atom. The third kappa shape index (κ3) is 2.17. The Kier molecular flexibility index (Phi) is 2.66. The van der Waals surface area contributed by atoms with Crippen molar-refractivity contribution in [2.75, 3.05) is 0 Å². The van der Waals surface area contributed by atoms with Crippen molar-refractivity contribution < 1.29 is 8.78 Å². The summed E-state index contributed by atoms with van der Waals surface area (Å²) in [5.41, 5.74) is -0.102. The number of nitrogens with one attached hydrogen (secondary N) is 1. The van der Waals surface area contributed by atoms with Gasteiger partial charge in [-0.3, -0.25) is 0 Å². The highest BCUT2D eigenvalue weighted by molar-refractivity contribution is 5.40. The smallest absolute Gasteiger partial charge is 0.271 e. The highest BCUT2D eigenvalue weighted by atomic mass is 19.3. The van der Waals surface area contributed by atoms with Crippen LogP contribution in [0.15, 0.2) is 24.3 Å². The fraction of sp³-hybridized carbons (Fsp3) is 0.182. The van der Waals surface area contributed by atoms with Crippen molar-refractivity contribution in [2.45, 2.75) is 12.8 Å². The molecule has 0 aromatic heterocycles. The van der Waals surface area contributed by atoms with Crippen LogP contribution in [-0.2, 0) is 5.92 Å². The first kappa shape index (κ1) is 10.4. The summed E-state index contributed by atoms with van der Waals surface area (Å²) >= 11 is 0. The molecule has 3 heteroatoms. The topological polar surface area (TPSA) is 23.9 Å². The van der Waals surface area contributed by atoms with Crippen molar-refractivity contribution >= 4 is 0 Å². The lowest BCUT2D eigenvalue weighted by molar-refractivity contribution is 0.0173. The summed E-state index contributed by atoms with van der Waals surface area (Å²) < 4.78 is 26.1. The van der Waals surface area contributed by atoms with Crippen LogP contribution < -0.4 is 5.36 Å². The molecule has 0 bridgehead atoms. The van der Waals surface area contributed by atoms with Crippen molar-refractivity contribution in [3.63, 3.8) is 0 Å². The van der Waals surface area contributed by atoms with Gasteiger partial charge in [-0.05, 0) is 24.3 Å². The second kappa shape index (κ2) is 3.59. The number of hydrogen-bond acceptors (Lipinski definition) is 1. The summed E-state index contributed by atoms with van der Waals surface area (Å²) in [5, 5.41) is 7.42. The average molecular weight is 193 g/mol. The number of alkyl halides is 2. The third-order valence-corrected chi connectivity index (χ3v) is 1.78. The molecule has 0 atom stereocenters. The summed E-state index contributed by atoms with van der Waals surface area (Å²) in [7, 11) is 0. The molecule has 0 unspecified atom stereocenters. The van der Waals surface area contributed by atoms with Gasteiger partial charge in [0.2, 0.25) is 0 Å². The van der Waals surface area contributed by atoms with E-state index in [1.54, 1.807) is 0 Å². The molecule has 0 heterocycles. The molecule has 1 aromatic carbocycles. The van der Waals surface area contributed by atoms with Crippen LogP contribution in [0, 0.1) is 17.8 Å². The Morgan fingerprint density at radius 2 is 1.86 bits per heavy atom. The number of hydrogen-bond donors (Lipinski definition) is 1. The predicted molar refractivity (Wildman–Crippen MR) is 49.8 cm³/mol. The molecule has 1 nitrogen and oxygen atoms in total. The van der Waals surface area contributed by atoms with Crippen LogP contribution >= 0.6 is 0 Å². The average Bonchev–Trinajstić information content (AvgIpc) is 2.25. The van der Waals surface area contributed by atoms with Gasteiger partial charge in [-0.2, -0.15) is 0 Å². The molecule has 0 amide bonds. The van der Waals surface area contributed by atoms with E-state index in [0.717, 1.165) is 6.92 Å². The molecule has 0 saturated carbocycles. The van der Waals surface area contributed by atoms with E-state index >= 15 is 0 Å². The monoisotopic (exact) mass is 193 g/mol. The summed E-state index contributed by atoms with van der Waals surface area (Å²) in [6.07, 6.45) is 5.11. The highest BCUT2D eigenvalue weighted by Crippen LogP contribution is 2.28. The predicted octanol–water partition coefficient (Wildman–Crippen LogP) is 2.26. The van der Waals surface area contributed by atoms with Gasteiger partial charge in [0.25, 0.3) is 5.92 Å². The van der Waals surface area contributed by atoms with Crippen LogP contribution in [0.25, 0.3) is 0 Å². The van der Waals surface area contributed by atoms with Crippen molar-refractivity contribution in [1.29, 1.82) is 5.41 Å². The maximum Gasteiger partial charge on any atom is 0.271 e. The summed E-state index contributed by atoms with van der Waals surface area (Å²) in [6.45, 7) is 0.785. The normalized spacial score (nSPS) is 10.7. The number of halogens is 2. The van der Waals surface area contributed by atoms with Crippen molar-refractivity contribution in [3.05, 3.63) is 40.7 Å². The second-order valence-electron chi connectivity index (χ2n) is 2.98. The zero-order chi connectivity index (χ0) is 10.8. The zero-order valence-electron chi connectivity index (χ0n) is 7.64. The molecule has 0 fully saturated rings. The van der Waals surface area contributed by atoms with Crippen LogP contribution in [0.5, 0.6) is 0 Å². The largest absolute Gasteiger partial charge is 0.301 e. The van der Waals surface area contributed by atoms with Crippen LogP contribution in [0.4, 0.5) is 8.78 Å². The van der Waals surface area contributed by atoms with Gasteiger partial charge < -0.3 is 5.41 Å². The van der Waals surface area contributed by atoms with E-state index in [1.807, 2.05) is 0 Å². The SMILES string of the molecule is C#Cc1ccc(=N)ccc1C(C)(F)F. The number of rotatable bonds is 1. The molecule has 1 N–H and O–H groups in total. The summed E-state index contributed by atoms with van der Waals surface area (Å²) in [5.74, 6) is -0.793.